The summed E-state index contributed by atoms with van der Waals surface area (Å²) in [5, 5.41) is 3.36. The van der Waals surface area contributed by atoms with Crippen LogP contribution >= 0.6 is 15.9 Å². The van der Waals surface area contributed by atoms with E-state index in [1.807, 2.05) is 0 Å². The quantitative estimate of drug-likeness (QED) is 0.774. The maximum Gasteiger partial charge on any atom is 0.148 e. The molecule has 0 spiro atoms. The fourth-order valence-electron chi connectivity index (χ4n) is 2.17. The molecular weight excluding hydrogens is 316 g/mol. The number of anilines is 2. The molecule has 0 bridgehead atoms. The summed E-state index contributed by atoms with van der Waals surface area (Å²) in [6.45, 7) is 8.71. The van der Waals surface area contributed by atoms with Crippen molar-refractivity contribution in [3.05, 3.63) is 10.8 Å². The third-order valence-corrected chi connectivity index (χ3v) is 4.25. The highest BCUT2D eigenvalue weighted by Gasteiger charge is 2.31. The zero-order valence-electron chi connectivity index (χ0n) is 12.7. The van der Waals surface area contributed by atoms with Gasteiger partial charge in [-0.2, -0.15) is 0 Å². The van der Waals surface area contributed by atoms with Gasteiger partial charge in [0.05, 0.1) is 0 Å². The van der Waals surface area contributed by atoms with Crippen LogP contribution in [0.25, 0.3) is 0 Å². The molecule has 5 heteroatoms. The summed E-state index contributed by atoms with van der Waals surface area (Å²) in [6, 6.07) is 0.666. The Morgan fingerprint density at radius 3 is 2.75 bits per heavy atom. The number of hydrogen-bond acceptors (Lipinski definition) is 4. The van der Waals surface area contributed by atoms with Gasteiger partial charge in [-0.25, -0.2) is 9.97 Å². The first-order valence-corrected chi connectivity index (χ1v) is 8.43. The van der Waals surface area contributed by atoms with E-state index in [2.05, 4.69) is 56.9 Å². The standard InChI is InChI=1S/C15H25BrN4/c1-4-8-17-14-13(16)15(19-10-18-14)20(12-5-6-12)9-7-11(2)3/h10-12H,4-9H2,1-3H3,(H,17,18,19). The Morgan fingerprint density at radius 2 is 2.15 bits per heavy atom. The first kappa shape index (κ1) is 15.5. The molecule has 0 saturated heterocycles. The molecule has 0 amide bonds. The molecule has 1 aromatic rings. The molecule has 20 heavy (non-hydrogen) atoms. The molecule has 1 aliphatic rings. The van der Waals surface area contributed by atoms with E-state index in [-0.39, 0.29) is 0 Å². The van der Waals surface area contributed by atoms with Crippen molar-refractivity contribution in [2.75, 3.05) is 23.3 Å². The van der Waals surface area contributed by atoms with Crippen molar-refractivity contribution in [1.82, 2.24) is 9.97 Å². The first-order chi connectivity index (χ1) is 9.63. The Morgan fingerprint density at radius 1 is 1.40 bits per heavy atom. The molecule has 1 heterocycles. The summed E-state index contributed by atoms with van der Waals surface area (Å²) >= 11 is 3.69. The molecule has 1 aliphatic carbocycles. The van der Waals surface area contributed by atoms with E-state index in [4.69, 9.17) is 0 Å². The topological polar surface area (TPSA) is 41.1 Å². The Kier molecular flexibility index (Phi) is 5.64. The predicted molar refractivity (Wildman–Crippen MR) is 88.3 cm³/mol. The Hall–Kier alpha value is -0.840. The van der Waals surface area contributed by atoms with E-state index in [1.54, 1.807) is 6.33 Å². The molecule has 1 fully saturated rings. The molecule has 0 aromatic carbocycles. The average Bonchev–Trinajstić information content (AvgIpc) is 3.23. The van der Waals surface area contributed by atoms with Crippen LogP contribution in [0.15, 0.2) is 10.8 Å². The van der Waals surface area contributed by atoms with Crippen molar-refractivity contribution in [1.29, 1.82) is 0 Å². The van der Waals surface area contributed by atoms with Crippen LogP contribution in [0.3, 0.4) is 0 Å². The van der Waals surface area contributed by atoms with E-state index in [9.17, 15) is 0 Å². The molecule has 0 radical (unpaired) electrons. The highest BCUT2D eigenvalue weighted by Crippen LogP contribution is 2.37. The van der Waals surface area contributed by atoms with Crippen LogP contribution < -0.4 is 10.2 Å². The smallest absolute Gasteiger partial charge is 0.148 e. The lowest BCUT2D eigenvalue weighted by Gasteiger charge is -2.26. The van der Waals surface area contributed by atoms with Crippen molar-refractivity contribution < 1.29 is 0 Å². The van der Waals surface area contributed by atoms with E-state index >= 15 is 0 Å². The van der Waals surface area contributed by atoms with Gasteiger partial charge in [0.15, 0.2) is 0 Å². The Bertz CT molecular complexity index is 432. The van der Waals surface area contributed by atoms with Gasteiger partial charge in [-0.15, -0.1) is 0 Å². The zero-order chi connectivity index (χ0) is 14.5. The van der Waals surface area contributed by atoms with Crippen molar-refractivity contribution >= 4 is 27.6 Å². The predicted octanol–water partition coefficient (Wildman–Crippen LogP) is 4.08. The van der Waals surface area contributed by atoms with Crippen molar-refractivity contribution in [2.45, 2.75) is 52.5 Å². The number of halogens is 1. The van der Waals surface area contributed by atoms with Crippen LogP contribution in [0, 0.1) is 5.92 Å². The van der Waals surface area contributed by atoms with Crippen LogP contribution in [0.1, 0.15) is 46.5 Å². The van der Waals surface area contributed by atoms with Crippen LogP contribution in [-0.4, -0.2) is 29.1 Å². The highest BCUT2D eigenvalue weighted by molar-refractivity contribution is 9.10. The van der Waals surface area contributed by atoms with Crippen molar-refractivity contribution in [2.24, 2.45) is 5.92 Å². The molecule has 112 valence electrons. The van der Waals surface area contributed by atoms with Gasteiger partial charge < -0.3 is 10.2 Å². The molecule has 2 rings (SSSR count). The summed E-state index contributed by atoms with van der Waals surface area (Å²) in [6.07, 6.45) is 6.53. The lowest BCUT2D eigenvalue weighted by molar-refractivity contribution is 0.568. The minimum atomic E-state index is 0.666. The Balaban J connectivity index is 2.15. The number of nitrogens with zero attached hydrogens (tertiary/aromatic N) is 3. The maximum atomic E-state index is 4.51. The number of hydrogen-bond donors (Lipinski definition) is 1. The van der Waals surface area contributed by atoms with Gasteiger partial charge in [-0.1, -0.05) is 20.8 Å². The van der Waals surface area contributed by atoms with Crippen LogP contribution in [0.5, 0.6) is 0 Å². The van der Waals surface area contributed by atoms with Gasteiger partial charge in [-0.3, -0.25) is 0 Å². The van der Waals surface area contributed by atoms with Crippen LogP contribution in [0.2, 0.25) is 0 Å². The summed E-state index contributed by atoms with van der Waals surface area (Å²) in [7, 11) is 0. The number of rotatable bonds is 8. The highest BCUT2D eigenvalue weighted by atomic mass is 79.9. The van der Waals surface area contributed by atoms with Crippen molar-refractivity contribution in [3.8, 4) is 0 Å². The molecule has 0 atom stereocenters. The second kappa shape index (κ2) is 7.25. The summed E-state index contributed by atoms with van der Waals surface area (Å²) in [5.41, 5.74) is 0. The largest absolute Gasteiger partial charge is 0.369 e. The minimum Gasteiger partial charge on any atom is -0.369 e. The van der Waals surface area contributed by atoms with Gasteiger partial charge in [-0.05, 0) is 47.5 Å². The zero-order valence-corrected chi connectivity index (χ0v) is 14.3. The monoisotopic (exact) mass is 340 g/mol. The summed E-state index contributed by atoms with van der Waals surface area (Å²) in [4.78, 5) is 11.3. The fraction of sp³-hybridized carbons (Fsp3) is 0.733. The number of aromatic nitrogens is 2. The van der Waals surface area contributed by atoms with Crippen molar-refractivity contribution in [3.63, 3.8) is 0 Å². The van der Waals surface area contributed by atoms with Crippen LogP contribution in [-0.2, 0) is 0 Å². The maximum absolute atomic E-state index is 4.51. The fourth-order valence-corrected chi connectivity index (χ4v) is 2.75. The van der Waals surface area contributed by atoms with E-state index in [1.165, 1.54) is 19.3 Å². The van der Waals surface area contributed by atoms with Gasteiger partial charge in [0, 0.05) is 19.1 Å². The average molecular weight is 341 g/mol. The first-order valence-electron chi connectivity index (χ1n) is 7.64. The Labute approximate surface area is 130 Å². The molecule has 0 aliphatic heterocycles. The SMILES string of the molecule is CCCNc1ncnc(N(CCC(C)C)C2CC2)c1Br. The van der Waals surface area contributed by atoms with Gasteiger partial charge >= 0.3 is 0 Å². The second-order valence-electron chi connectivity index (χ2n) is 5.89. The normalized spacial score (nSPS) is 14.7. The lowest BCUT2D eigenvalue weighted by atomic mass is 10.1. The molecule has 1 saturated carbocycles. The second-order valence-corrected chi connectivity index (χ2v) is 6.69. The number of nitrogens with one attached hydrogen (secondary N) is 1. The molecule has 4 nitrogen and oxygen atoms in total. The molecule has 1 N–H and O–H groups in total. The molecular formula is C15H25BrN4. The lowest BCUT2D eigenvalue weighted by Crippen LogP contribution is -2.29. The summed E-state index contributed by atoms with van der Waals surface area (Å²) < 4.78 is 1.00. The third kappa shape index (κ3) is 4.08. The van der Waals surface area contributed by atoms with Crippen LogP contribution in [0.4, 0.5) is 11.6 Å². The van der Waals surface area contributed by atoms with Gasteiger partial charge in [0.25, 0.3) is 0 Å². The van der Waals surface area contributed by atoms with Gasteiger partial charge in [0.2, 0.25) is 0 Å². The van der Waals surface area contributed by atoms with E-state index in [0.717, 1.165) is 41.5 Å². The molecule has 0 unspecified atom stereocenters. The molecule has 1 aromatic heterocycles. The van der Waals surface area contributed by atoms with E-state index < -0.39 is 0 Å². The summed E-state index contributed by atoms with van der Waals surface area (Å²) in [5.74, 6) is 2.67. The minimum absolute atomic E-state index is 0.666. The van der Waals surface area contributed by atoms with Gasteiger partial charge in [0.1, 0.15) is 22.4 Å². The van der Waals surface area contributed by atoms with E-state index in [0.29, 0.717) is 6.04 Å². The third-order valence-electron chi connectivity index (χ3n) is 3.52.